The minimum atomic E-state index is -4.88. The Labute approximate surface area is 72.9 Å². The van der Waals surface area contributed by atoms with Gasteiger partial charge in [0.1, 0.15) is 0 Å². The standard InChI is InChI=1S/C7H8F3NO2/c1-3-4-11-6(2,5(12)13)7(8,9)10/h1,11H,4H2,2H3,(H,12,13). The van der Waals surface area contributed by atoms with Crippen LogP contribution in [0.1, 0.15) is 6.92 Å². The Bertz CT molecular complexity index is 243. The first-order chi connectivity index (χ1) is 5.75. The molecule has 0 aromatic rings. The molecule has 0 radical (unpaired) electrons. The molecule has 0 aliphatic heterocycles. The Morgan fingerprint density at radius 3 is 2.31 bits per heavy atom. The molecule has 0 aromatic carbocycles. The van der Waals surface area contributed by atoms with E-state index in [1.165, 1.54) is 0 Å². The monoisotopic (exact) mass is 195 g/mol. The van der Waals surface area contributed by atoms with Gasteiger partial charge in [0.05, 0.1) is 6.54 Å². The first-order valence-electron chi connectivity index (χ1n) is 3.24. The molecule has 13 heavy (non-hydrogen) atoms. The van der Waals surface area contributed by atoms with Gasteiger partial charge in [0.25, 0.3) is 0 Å². The molecule has 0 spiro atoms. The molecule has 1 atom stereocenters. The van der Waals surface area contributed by atoms with Gasteiger partial charge >= 0.3 is 12.1 Å². The number of rotatable bonds is 3. The lowest BCUT2D eigenvalue weighted by Crippen LogP contribution is -2.60. The van der Waals surface area contributed by atoms with Crippen LogP contribution in [-0.2, 0) is 4.79 Å². The van der Waals surface area contributed by atoms with Crippen molar-refractivity contribution in [3.8, 4) is 12.3 Å². The van der Waals surface area contributed by atoms with Crippen LogP contribution in [0.4, 0.5) is 13.2 Å². The van der Waals surface area contributed by atoms with Gasteiger partial charge in [-0.1, -0.05) is 5.92 Å². The maximum atomic E-state index is 12.2. The molecule has 0 saturated heterocycles. The van der Waals surface area contributed by atoms with E-state index in [0.717, 1.165) is 0 Å². The number of halogens is 3. The van der Waals surface area contributed by atoms with Crippen molar-refractivity contribution in [3.63, 3.8) is 0 Å². The number of nitrogens with one attached hydrogen (secondary N) is 1. The van der Waals surface area contributed by atoms with Crippen molar-refractivity contribution in [1.29, 1.82) is 0 Å². The number of hydrogen-bond donors (Lipinski definition) is 2. The molecule has 3 nitrogen and oxygen atoms in total. The van der Waals surface area contributed by atoms with E-state index in [2.05, 4.69) is 0 Å². The minimum Gasteiger partial charge on any atom is -0.480 e. The lowest BCUT2D eigenvalue weighted by atomic mass is 10.0. The third kappa shape index (κ3) is 2.36. The Kier molecular flexibility index (Phi) is 3.32. The summed E-state index contributed by atoms with van der Waals surface area (Å²) in [6, 6.07) is 0. The second-order valence-electron chi connectivity index (χ2n) is 2.49. The predicted molar refractivity (Wildman–Crippen MR) is 38.9 cm³/mol. The molecule has 0 aliphatic carbocycles. The van der Waals surface area contributed by atoms with Gasteiger partial charge < -0.3 is 5.11 Å². The van der Waals surface area contributed by atoms with E-state index in [1.54, 1.807) is 5.32 Å². The van der Waals surface area contributed by atoms with Crippen LogP contribution >= 0.6 is 0 Å². The van der Waals surface area contributed by atoms with Crippen molar-refractivity contribution < 1.29 is 23.1 Å². The van der Waals surface area contributed by atoms with Crippen LogP contribution in [0.15, 0.2) is 0 Å². The van der Waals surface area contributed by atoms with Crippen LogP contribution < -0.4 is 5.32 Å². The van der Waals surface area contributed by atoms with Crippen LogP contribution in [0.5, 0.6) is 0 Å². The van der Waals surface area contributed by atoms with Gasteiger partial charge in [0.15, 0.2) is 0 Å². The fraction of sp³-hybridized carbons (Fsp3) is 0.571. The van der Waals surface area contributed by atoms with Crippen LogP contribution in [0.3, 0.4) is 0 Å². The van der Waals surface area contributed by atoms with Crippen molar-refractivity contribution in [2.45, 2.75) is 18.6 Å². The Morgan fingerprint density at radius 2 is 2.08 bits per heavy atom. The first-order valence-corrected chi connectivity index (χ1v) is 3.24. The summed E-state index contributed by atoms with van der Waals surface area (Å²) in [6.07, 6.45) is -0.173. The van der Waals surface area contributed by atoms with Gasteiger partial charge in [0, 0.05) is 0 Å². The zero-order valence-electron chi connectivity index (χ0n) is 6.77. The molecule has 0 aliphatic rings. The highest BCUT2D eigenvalue weighted by atomic mass is 19.4. The molecule has 0 amide bonds. The Balaban J connectivity index is 4.77. The number of carbonyl (C=O) groups is 1. The van der Waals surface area contributed by atoms with Crippen LogP contribution in [0.2, 0.25) is 0 Å². The van der Waals surface area contributed by atoms with Gasteiger partial charge in [-0.15, -0.1) is 6.42 Å². The average Bonchev–Trinajstić information content (AvgIpc) is 1.97. The van der Waals surface area contributed by atoms with E-state index in [-0.39, 0.29) is 0 Å². The summed E-state index contributed by atoms with van der Waals surface area (Å²) in [5.74, 6) is -0.128. The fourth-order valence-corrected chi connectivity index (χ4v) is 0.525. The lowest BCUT2D eigenvalue weighted by molar-refractivity contribution is -0.205. The molecule has 0 rings (SSSR count). The van der Waals surface area contributed by atoms with Crippen molar-refractivity contribution in [3.05, 3.63) is 0 Å². The molecule has 0 aromatic heterocycles. The molecule has 6 heteroatoms. The van der Waals surface area contributed by atoms with E-state index in [4.69, 9.17) is 11.5 Å². The third-order valence-electron chi connectivity index (χ3n) is 1.54. The summed E-state index contributed by atoms with van der Waals surface area (Å²) in [5.41, 5.74) is -2.99. The molecule has 0 bridgehead atoms. The SMILES string of the molecule is C#CCNC(C)(C(=O)O)C(F)(F)F. The number of hydrogen-bond acceptors (Lipinski definition) is 2. The van der Waals surface area contributed by atoms with Crippen molar-refractivity contribution in [2.24, 2.45) is 0 Å². The summed E-state index contributed by atoms with van der Waals surface area (Å²) >= 11 is 0. The Hall–Kier alpha value is -1.22. The number of carboxylic acid groups (broad SMARTS) is 1. The van der Waals surface area contributed by atoms with Crippen molar-refractivity contribution in [2.75, 3.05) is 6.54 Å². The van der Waals surface area contributed by atoms with E-state index in [1.807, 2.05) is 5.92 Å². The van der Waals surface area contributed by atoms with Crippen LogP contribution in [-0.4, -0.2) is 29.3 Å². The second kappa shape index (κ2) is 3.66. The highest BCUT2D eigenvalue weighted by molar-refractivity contribution is 5.79. The summed E-state index contributed by atoms with van der Waals surface area (Å²) in [5, 5.41) is 10.1. The normalized spacial score (nSPS) is 15.9. The van der Waals surface area contributed by atoms with E-state index >= 15 is 0 Å². The zero-order chi connectivity index (χ0) is 10.7. The molecule has 1 unspecified atom stereocenters. The number of alkyl halides is 3. The molecule has 2 N–H and O–H groups in total. The summed E-state index contributed by atoms with van der Waals surface area (Å²) < 4.78 is 36.5. The van der Waals surface area contributed by atoms with Gasteiger partial charge in [-0.3, -0.25) is 5.32 Å². The topological polar surface area (TPSA) is 49.3 Å². The fourth-order valence-electron chi connectivity index (χ4n) is 0.525. The van der Waals surface area contributed by atoms with Crippen LogP contribution in [0, 0.1) is 12.3 Å². The number of terminal acetylenes is 1. The molecule has 74 valence electrons. The first kappa shape index (κ1) is 11.8. The predicted octanol–water partition coefficient (Wildman–Crippen LogP) is 0.615. The molecule has 0 saturated carbocycles. The molecule has 0 heterocycles. The summed E-state index contributed by atoms with van der Waals surface area (Å²) in [7, 11) is 0. The molecular weight excluding hydrogens is 187 g/mol. The molecular formula is C7H8F3NO2. The van der Waals surface area contributed by atoms with Crippen molar-refractivity contribution in [1.82, 2.24) is 5.32 Å². The lowest BCUT2D eigenvalue weighted by Gasteiger charge is -2.27. The average molecular weight is 195 g/mol. The van der Waals surface area contributed by atoms with E-state index in [0.29, 0.717) is 6.92 Å². The van der Waals surface area contributed by atoms with E-state index in [9.17, 15) is 18.0 Å². The summed E-state index contributed by atoms with van der Waals surface area (Å²) in [4.78, 5) is 10.3. The van der Waals surface area contributed by atoms with Gasteiger partial charge in [-0.2, -0.15) is 13.2 Å². The highest BCUT2D eigenvalue weighted by Crippen LogP contribution is 2.30. The maximum absolute atomic E-state index is 12.2. The zero-order valence-corrected chi connectivity index (χ0v) is 6.77. The summed E-state index contributed by atoms with van der Waals surface area (Å²) in [6.45, 7) is 0.0645. The van der Waals surface area contributed by atoms with Gasteiger partial charge in [-0.25, -0.2) is 4.79 Å². The van der Waals surface area contributed by atoms with Crippen LogP contribution in [0.25, 0.3) is 0 Å². The largest absolute Gasteiger partial charge is 0.480 e. The third-order valence-corrected chi connectivity index (χ3v) is 1.54. The minimum absolute atomic E-state index is 0.456. The smallest absolute Gasteiger partial charge is 0.417 e. The number of aliphatic carboxylic acids is 1. The highest BCUT2D eigenvalue weighted by Gasteiger charge is 2.56. The quantitative estimate of drug-likeness (QED) is 0.649. The second-order valence-corrected chi connectivity index (χ2v) is 2.49. The van der Waals surface area contributed by atoms with Crippen molar-refractivity contribution >= 4 is 5.97 Å². The molecule has 0 fully saturated rings. The van der Waals surface area contributed by atoms with E-state index < -0.39 is 24.2 Å². The number of carboxylic acids is 1. The van der Waals surface area contributed by atoms with Gasteiger partial charge in [0.2, 0.25) is 5.54 Å². The Morgan fingerprint density at radius 1 is 1.62 bits per heavy atom. The van der Waals surface area contributed by atoms with Gasteiger partial charge in [-0.05, 0) is 6.92 Å². The maximum Gasteiger partial charge on any atom is 0.417 e.